The van der Waals surface area contributed by atoms with Gasteiger partial charge in [0.25, 0.3) is 5.56 Å². The molecule has 1 fully saturated rings. The van der Waals surface area contributed by atoms with Crippen LogP contribution in [0.15, 0.2) is 35.1 Å². The van der Waals surface area contributed by atoms with E-state index in [9.17, 15) is 9.59 Å². The Balaban J connectivity index is 0.00000243. The predicted molar refractivity (Wildman–Crippen MR) is 104 cm³/mol. The van der Waals surface area contributed by atoms with Crippen LogP contribution in [0.5, 0.6) is 0 Å². The minimum Gasteiger partial charge on any atom is -0.341 e. The second kappa shape index (κ2) is 8.47. The van der Waals surface area contributed by atoms with Crippen LogP contribution in [0.3, 0.4) is 0 Å². The van der Waals surface area contributed by atoms with Gasteiger partial charge in [0.1, 0.15) is 5.82 Å². The molecule has 1 aliphatic heterocycles. The van der Waals surface area contributed by atoms with E-state index in [1.807, 2.05) is 23.1 Å². The lowest BCUT2D eigenvalue weighted by Crippen LogP contribution is -2.33. The Morgan fingerprint density at radius 1 is 1.27 bits per heavy atom. The summed E-state index contributed by atoms with van der Waals surface area (Å²) >= 11 is 0. The third-order valence-corrected chi connectivity index (χ3v) is 4.99. The van der Waals surface area contributed by atoms with Gasteiger partial charge in [0.15, 0.2) is 0 Å². The molecule has 1 aliphatic rings. The van der Waals surface area contributed by atoms with Crippen molar-refractivity contribution in [2.45, 2.75) is 26.2 Å². The van der Waals surface area contributed by atoms with Crippen molar-refractivity contribution >= 4 is 18.3 Å². The minimum absolute atomic E-state index is 0. The van der Waals surface area contributed by atoms with E-state index in [0.717, 1.165) is 0 Å². The monoisotopic (exact) mass is 376 g/mol. The number of nitrogens with zero attached hydrogens (tertiary/aromatic N) is 2. The maximum atomic E-state index is 12.7. The largest absolute Gasteiger partial charge is 0.341 e. The molecule has 1 aromatic heterocycles. The van der Waals surface area contributed by atoms with E-state index in [1.54, 1.807) is 13.8 Å². The number of amides is 1. The van der Waals surface area contributed by atoms with Gasteiger partial charge in [-0.25, -0.2) is 4.98 Å². The summed E-state index contributed by atoms with van der Waals surface area (Å²) in [6.07, 6.45) is 0.0766. The molecule has 140 valence electrons. The van der Waals surface area contributed by atoms with Gasteiger partial charge in [-0.15, -0.1) is 12.4 Å². The fourth-order valence-electron chi connectivity index (χ4n) is 3.61. The summed E-state index contributed by atoms with van der Waals surface area (Å²) in [5.41, 5.74) is 7.98. The van der Waals surface area contributed by atoms with Crippen molar-refractivity contribution in [2.75, 3.05) is 19.6 Å². The molecule has 0 aliphatic carbocycles. The first kappa shape index (κ1) is 20.1. The number of carbonyl (C=O) groups is 1. The van der Waals surface area contributed by atoms with Crippen LogP contribution in [0.2, 0.25) is 0 Å². The summed E-state index contributed by atoms with van der Waals surface area (Å²) in [7, 11) is 0. The third-order valence-electron chi connectivity index (χ3n) is 4.99. The van der Waals surface area contributed by atoms with E-state index in [4.69, 9.17) is 5.73 Å². The van der Waals surface area contributed by atoms with Crippen LogP contribution in [0, 0.1) is 19.8 Å². The smallest absolute Gasteiger partial charge is 0.254 e. The topological polar surface area (TPSA) is 92.1 Å². The molecular weight excluding hydrogens is 352 g/mol. The number of nitrogens with two attached hydrogens (primary N) is 1. The molecular formula is C19H25ClN4O2. The molecule has 0 spiro atoms. The number of halogens is 1. The molecule has 1 aromatic carbocycles. The van der Waals surface area contributed by atoms with Crippen molar-refractivity contribution in [3.8, 4) is 0 Å². The van der Waals surface area contributed by atoms with Gasteiger partial charge in [0.2, 0.25) is 5.91 Å². The lowest BCUT2D eigenvalue weighted by atomic mass is 9.89. The van der Waals surface area contributed by atoms with Crippen LogP contribution in [0.25, 0.3) is 0 Å². The fraction of sp³-hybridized carbons (Fsp3) is 0.421. The first-order valence-corrected chi connectivity index (χ1v) is 8.58. The Morgan fingerprint density at radius 2 is 1.96 bits per heavy atom. The molecule has 2 atom stereocenters. The zero-order valence-electron chi connectivity index (χ0n) is 15.1. The highest BCUT2D eigenvalue weighted by Crippen LogP contribution is 2.32. The Morgan fingerprint density at radius 3 is 2.58 bits per heavy atom. The molecule has 2 aromatic rings. The van der Waals surface area contributed by atoms with E-state index in [-0.39, 0.29) is 42.1 Å². The van der Waals surface area contributed by atoms with Crippen molar-refractivity contribution in [1.29, 1.82) is 0 Å². The number of rotatable bonds is 4. The minimum atomic E-state index is -0.229. The molecule has 0 saturated carbocycles. The van der Waals surface area contributed by atoms with Crippen molar-refractivity contribution in [1.82, 2.24) is 14.9 Å². The Labute approximate surface area is 159 Å². The molecule has 1 saturated heterocycles. The van der Waals surface area contributed by atoms with Crippen LogP contribution in [0.1, 0.15) is 28.6 Å². The van der Waals surface area contributed by atoms with Crippen molar-refractivity contribution < 1.29 is 4.79 Å². The summed E-state index contributed by atoms with van der Waals surface area (Å²) in [5, 5.41) is 0. The zero-order chi connectivity index (χ0) is 18.0. The Bertz CT molecular complexity index is 822. The summed E-state index contributed by atoms with van der Waals surface area (Å²) in [6.45, 7) is 5.31. The summed E-state index contributed by atoms with van der Waals surface area (Å²) in [6, 6.07) is 10.2. The van der Waals surface area contributed by atoms with Crippen LogP contribution < -0.4 is 11.3 Å². The van der Waals surface area contributed by atoms with Gasteiger partial charge in [-0.05, 0) is 31.9 Å². The zero-order valence-corrected chi connectivity index (χ0v) is 15.9. The SMILES string of the molecule is Cc1nc(C)c(CC(=O)N2C[C@@H](CN)[C@H](c3ccccc3)C2)c(=O)[nH]1.Cl. The van der Waals surface area contributed by atoms with Gasteiger partial charge in [-0.3, -0.25) is 9.59 Å². The van der Waals surface area contributed by atoms with Crippen LogP contribution in [-0.4, -0.2) is 40.4 Å². The van der Waals surface area contributed by atoms with E-state index in [0.29, 0.717) is 36.7 Å². The molecule has 3 N–H and O–H groups in total. The van der Waals surface area contributed by atoms with Crippen LogP contribution >= 0.6 is 12.4 Å². The average Bonchev–Trinajstić information content (AvgIpc) is 3.03. The second-order valence-corrected chi connectivity index (χ2v) is 6.70. The number of aryl methyl sites for hydroxylation is 2. The highest BCUT2D eigenvalue weighted by Gasteiger charge is 2.35. The number of nitrogens with one attached hydrogen (secondary N) is 1. The fourth-order valence-corrected chi connectivity index (χ4v) is 3.61. The van der Waals surface area contributed by atoms with Gasteiger partial charge in [0, 0.05) is 30.3 Å². The molecule has 26 heavy (non-hydrogen) atoms. The van der Waals surface area contributed by atoms with Gasteiger partial charge >= 0.3 is 0 Å². The average molecular weight is 377 g/mol. The molecule has 7 heteroatoms. The Hall–Kier alpha value is -2.18. The van der Waals surface area contributed by atoms with Gasteiger partial charge in [-0.1, -0.05) is 30.3 Å². The van der Waals surface area contributed by atoms with Crippen LogP contribution in [0.4, 0.5) is 0 Å². The highest BCUT2D eigenvalue weighted by molar-refractivity contribution is 5.85. The van der Waals surface area contributed by atoms with E-state index < -0.39 is 0 Å². The van der Waals surface area contributed by atoms with Crippen molar-refractivity contribution in [2.24, 2.45) is 11.7 Å². The number of aromatic nitrogens is 2. The second-order valence-electron chi connectivity index (χ2n) is 6.70. The molecule has 0 unspecified atom stereocenters. The van der Waals surface area contributed by atoms with Gasteiger partial charge in [0.05, 0.1) is 6.42 Å². The van der Waals surface area contributed by atoms with E-state index in [2.05, 4.69) is 22.1 Å². The van der Waals surface area contributed by atoms with Crippen LogP contribution in [-0.2, 0) is 11.2 Å². The maximum Gasteiger partial charge on any atom is 0.254 e. The van der Waals surface area contributed by atoms with E-state index >= 15 is 0 Å². The first-order valence-electron chi connectivity index (χ1n) is 8.58. The van der Waals surface area contributed by atoms with E-state index in [1.165, 1.54) is 5.56 Å². The lowest BCUT2D eigenvalue weighted by molar-refractivity contribution is -0.129. The quantitative estimate of drug-likeness (QED) is 0.846. The van der Waals surface area contributed by atoms with Crippen molar-refractivity contribution in [3.63, 3.8) is 0 Å². The molecule has 0 radical (unpaired) electrons. The number of H-pyrrole nitrogens is 1. The summed E-state index contributed by atoms with van der Waals surface area (Å²) < 4.78 is 0. The number of benzene rings is 1. The molecule has 1 amide bonds. The summed E-state index contributed by atoms with van der Waals surface area (Å²) in [4.78, 5) is 33.6. The number of aromatic amines is 1. The molecule has 0 bridgehead atoms. The standard InChI is InChI=1S/C19H24N4O2.ClH/c1-12-16(19(25)22-13(2)21-12)8-18(24)23-10-15(9-20)17(11-23)14-6-4-3-5-7-14;/h3-7,15,17H,8-11,20H2,1-2H3,(H,21,22,25);1H/t15-,17+;/m1./s1. The van der Waals surface area contributed by atoms with Gasteiger partial charge < -0.3 is 15.6 Å². The van der Waals surface area contributed by atoms with Crippen molar-refractivity contribution in [3.05, 3.63) is 63.3 Å². The maximum absolute atomic E-state index is 12.7. The highest BCUT2D eigenvalue weighted by atomic mass is 35.5. The normalized spacial score (nSPS) is 19.3. The Kier molecular flexibility index (Phi) is 6.56. The predicted octanol–water partition coefficient (Wildman–Crippen LogP) is 1.55. The number of likely N-dealkylation sites (tertiary alicyclic amines) is 1. The molecule has 6 nitrogen and oxygen atoms in total. The number of hydrogen-bond acceptors (Lipinski definition) is 4. The molecule has 2 heterocycles. The first-order chi connectivity index (χ1) is 12.0. The third kappa shape index (κ3) is 4.14. The number of carbonyl (C=O) groups excluding carboxylic acids is 1. The summed E-state index contributed by atoms with van der Waals surface area (Å²) in [5.74, 6) is 0.996. The van der Waals surface area contributed by atoms with Gasteiger partial charge in [-0.2, -0.15) is 0 Å². The lowest BCUT2D eigenvalue weighted by Gasteiger charge is -2.17. The molecule has 3 rings (SSSR count). The number of hydrogen-bond donors (Lipinski definition) is 2.